The Kier molecular flexibility index (Phi) is 11.0. The summed E-state index contributed by atoms with van der Waals surface area (Å²) in [7, 11) is 0. The van der Waals surface area contributed by atoms with Crippen molar-refractivity contribution in [2.45, 2.75) is 19.9 Å². The lowest BCUT2D eigenvalue weighted by molar-refractivity contribution is -0.385. The number of anilines is 1. The number of guanidine groups is 1. The number of halogens is 3. The number of hydrogen-bond acceptors (Lipinski definition) is 8. The number of piperazine rings is 1. The van der Waals surface area contributed by atoms with Gasteiger partial charge in [-0.1, -0.05) is 17.7 Å². The molecule has 0 saturated carbocycles. The molecule has 4 aromatic carbocycles. The highest BCUT2D eigenvalue weighted by molar-refractivity contribution is 6.30. The van der Waals surface area contributed by atoms with Crippen molar-refractivity contribution in [3.8, 4) is 28.7 Å². The molecule has 2 heterocycles. The monoisotopic (exact) mass is 707 g/mol. The number of nitro benzene ring substituents is 1. The number of aliphatic imine (C=N–C) groups is 1. The summed E-state index contributed by atoms with van der Waals surface area (Å²) in [5.74, 6) is 1.96. The molecule has 0 aromatic heterocycles. The molecule has 14 heteroatoms. The molecule has 2 aliphatic heterocycles. The van der Waals surface area contributed by atoms with Gasteiger partial charge in [-0.2, -0.15) is 0 Å². The first kappa shape index (κ1) is 34.6. The number of nitro groups is 1. The third-order valence-electron chi connectivity index (χ3n) is 8.23. The SMILES string of the molecule is CCOc1cc(N2CCN(C(=NCc3cc(F)ccc3Oc3ccc(F)c(Cl)c3)NCCc3ccc4c(c3)OCCO4)CC2)ccc1[N+](=O)[O-]. The third-order valence-corrected chi connectivity index (χ3v) is 8.52. The summed E-state index contributed by atoms with van der Waals surface area (Å²) in [6.45, 7) is 6.19. The highest BCUT2D eigenvalue weighted by Crippen LogP contribution is 2.33. The second-order valence-electron chi connectivity index (χ2n) is 11.5. The van der Waals surface area contributed by atoms with Gasteiger partial charge in [0.05, 0.1) is 23.1 Å². The van der Waals surface area contributed by atoms with E-state index in [4.69, 9.17) is 35.5 Å². The quantitative estimate of drug-likeness (QED) is 0.0763. The minimum Gasteiger partial charge on any atom is -0.487 e. The highest BCUT2D eigenvalue weighted by Gasteiger charge is 2.23. The predicted octanol–water partition coefficient (Wildman–Crippen LogP) is 7.00. The van der Waals surface area contributed by atoms with Gasteiger partial charge in [0.25, 0.3) is 0 Å². The molecule has 50 heavy (non-hydrogen) atoms. The van der Waals surface area contributed by atoms with Crippen LogP contribution < -0.4 is 29.2 Å². The number of benzene rings is 4. The van der Waals surface area contributed by atoms with Crippen LogP contribution in [0.15, 0.2) is 77.8 Å². The predicted molar refractivity (Wildman–Crippen MR) is 186 cm³/mol. The van der Waals surface area contributed by atoms with E-state index in [0.29, 0.717) is 82.0 Å². The van der Waals surface area contributed by atoms with Gasteiger partial charge >= 0.3 is 5.69 Å². The first-order valence-electron chi connectivity index (χ1n) is 16.3. The van der Waals surface area contributed by atoms with Gasteiger partial charge in [0.2, 0.25) is 0 Å². The smallest absolute Gasteiger partial charge is 0.311 e. The van der Waals surface area contributed by atoms with Gasteiger partial charge in [0.15, 0.2) is 23.2 Å². The van der Waals surface area contributed by atoms with Crippen LogP contribution in [0, 0.1) is 21.7 Å². The molecule has 1 fully saturated rings. The average Bonchev–Trinajstić information content (AvgIpc) is 3.12. The van der Waals surface area contributed by atoms with E-state index in [1.807, 2.05) is 18.2 Å². The lowest BCUT2D eigenvalue weighted by Crippen LogP contribution is -2.52. The Hall–Kier alpha value is -5.30. The van der Waals surface area contributed by atoms with Crippen LogP contribution in [-0.4, -0.2) is 68.3 Å². The first-order chi connectivity index (χ1) is 24.3. The van der Waals surface area contributed by atoms with Crippen molar-refractivity contribution in [3.05, 3.63) is 111 Å². The molecule has 262 valence electrons. The van der Waals surface area contributed by atoms with Gasteiger partial charge in [-0.25, -0.2) is 13.8 Å². The fourth-order valence-electron chi connectivity index (χ4n) is 5.73. The van der Waals surface area contributed by atoms with Crippen LogP contribution in [0.4, 0.5) is 20.2 Å². The summed E-state index contributed by atoms with van der Waals surface area (Å²) in [4.78, 5) is 20.2. The Labute approximate surface area is 293 Å². The maximum Gasteiger partial charge on any atom is 0.311 e. The van der Waals surface area contributed by atoms with E-state index >= 15 is 0 Å². The van der Waals surface area contributed by atoms with Crippen molar-refractivity contribution in [2.75, 3.05) is 57.4 Å². The van der Waals surface area contributed by atoms with Crippen molar-refractivity contribution in [1.29, 1.82) is 0 Å². The Morgan fingerprint density at radius 2 is 1.76 bits per heavy atom. The number of fused-ring (bicyclic) bond motifs is 1. The number of ether oxygens (including phenoxy) is 4. The van der Waals surface area contributed by atoms with Crippen molar-refractivity contribution >= 4 is 28.9 Å². The largest absolute Gasteiger partial charge is 0.487 e. The lowest BCUT2D eigenvalue weighted by Gasteiger charge is -2.38. The van der Waals surface area contributed by atoms with Crippen LogP contribution in [0.5, 0.6) is 28.7 Å². The fourth-order valence-corrected chi connectivity index (χ4v) is 5.90. The van der Waals surface area contributed by atoms with Crippen molar-refractivity contribution in [3.63, 3.8) is 0 Å². The van der Waals surface area contributed by atoms with Crippen molar-refractivity contribution < 1.29 is 32.7 Å². The van der Waals surface area contributed by atoms with Crippen LogP contribution in [0.25, 0.3) is 0 Å². The van der Waals surface area contributed by atoms with Crippen molar-refractivity contribution in [1.82, 2.24) is 10.2 Å². The zero-order valence-electron chi connectivity index (χ0n) is 27.4. The summed E-state index contributed by atoms with van der Waals surface area (Å²) in [5, 5.41) is 14.9. The molecule has 6 rings (SSSR count). The molecule has 0 spiro atoms. The Morgan fingerprint density at radius 3 is 2.52 bits per heavy atom. The van der Waals surface area contributed by atoms with E-state index in [2.05, 4.69) is 15.1 Å². The number of nitrogens with one attached hydrogen (secondary N) is 1. The fraction of sp³-hybridized carbons (Fsp3) is 0.306. The molecular formula is C36H36ClF2N5O6. The van der Waals surface area contributed by atoms with Crippen LogP contribution in [0.1, 0.15) is 18.1 Å². The first-order valence-corrected chi connectivity index (χ1v) is 16.6. The van der Waals surface area contributed by atoms with Crippen LogP contribution in [-0.2, 0) is 13.0 Å². The molecule has 1 saturated heterocycles. The minimum atomic E-state index is -0.571. The maximum atomic E-state index is 14.5. The van der Waals surface area contributed by atoms with Gasteiger partial charge in [-0.05, 0) is 67.4 Å². The average molecular weight is 708 g/mol. The molecule has 4 aromatic rings. The second-order valence-corrected chi connectivity index (χ2v) is 11.9. The van der Waals surface area contributed by atoms with Crippen LogP contribution >= 0.6 is 11.6 Å². The van der Waals surface area contributed by atoms with E-state index in [9.17, 15) is 18.9 Å². The summed E-state index contributed by atoms with van der Waals surface area (Å²) in [6, 6.07) is 19.0. The number of hydrogen-bond donors (Lipinski definition) is 1. The van der Waals surface area contributed by atoms with E-state index in [0.717, 1.165) is 22.7 Å². The third kappa shape index (κ3) is 8.46. The summed E-state index contributed by atoms with van der Waals surface area (Å²) >= 11 is 5.95. The Balaban J connectivity index is 1.19. The molecule has 0 amide bonds. The molecule has 0 unspecified atom stereocenters. The van der Waals surface area contributed by atoms with Crippen LogP contribution in [0.2, 0.25) is 5.02 Å². The van der Waals surface area contributed by atoms with E-state index < -0.39 is 16.6 Å². The minimum absolute atomic E-state index is 0.0749. The molecule has 0 radical (unpaired) electrons. The van der Waals surface area contributed by atoms with E-state index in [-0.39, 0.29) is 23.0 Å². The highest BCUT2D eigenvalue weighted by atomic mass is 35.5. The Bertz CT molecular complexity index is 1870. The number of rotatable bonds is 11. The lowest BCUT2D eigenvalue weighted by atomic mass is 10.1. The van der Waals surface area contributed by atoms with Crippen LogP contribution in [0.3, 0.4) is 0 Å². The summed E-state index contributed by atoms with van der Waals surface area (Å²) in [5.41, 5.74) is 2.30. The molecule has 2 aliphatic rings. The molecule has 0 bridgehead atoms. The van der Waals surface area contributed by atoms with Gasteiger partial charge < -0.3 is 34.1 Å². The van der Waals surface area contributed by atoms with Crippen molar-refractivity contribution in [2.24, 2.45) is 4.99 Å². The zero-order chi connectivity index (χ0) is 35.0. The molecule has 11 nitrogen and oxygen atoms in total. The van der Waals surface area contributed by atoms with Gasteiger partial charge in [0.1, 0.15) is 36.3 Å². The summed E-state index contributed by atoms with van der Waals surface area (Å²) < 4.78 is 51.1. The molecule has 0 atom stereocenters. The topological polar surface area (TPSA) is 111 Å². The van der Waals surface area contributed by atoms with Gasteiger partial charge in [0, 0.05) is 62.2 Å². The molecule has 0 aliphatic carbocycles. The summed E-state index contributed by atoms with van der Waals surface area (Å²) in [6.07, 6.45) is 0.679. The maximum absolute atomic E-state index is 14.5. The zero-order valence-corrected chi connectivity index (χ0v) is 28.1. The second kappa shape index (κ2) is 15.9. The Morgan fingerprint density at radius 1 is 0.960 bits per heavy atom. The molecule has 1 N–H and O–H groups in total. The van der Waals surface area contributed by atoms with E-state index in [1.165, 1.54) is 42.5 Å². The molecular weight excluding hydrogens is 672 g/mol. The normalized spacial score (nSPS) is 14.4. The standard InChI is InChI=1S/C36H36ClF2N5O6/c1-2-47-34-21-27(5-8-31(34)44(45)46)42-13-15-43(16-14-42)36(40-12-11-24-3-9-33-35(19-24)49-18-17-48-33)41-23-25-20-26(38)4-10-32(25)50-28-6-7-30(39)29(37)22-28/h3-10,19-22H,2,11-18,23H2,1H3,(H,40,41). The van der Waals surface area contributed by atoms with Gasteiger partial charge in [-0.15, -0.1) is 0 Å². The number of nitrogens with zero attached hydrogens (tertiary/aromatic N) is 4. The van der Waals surface area contributed by atoms with E-state index in [1.54, 1.807) is 19.1 Å². The van der Waals surface area contributed by atoms with Gasteiger partial charge in [-0.3, -0.25) is 10.1 Å².